The molecule has 0 amide bonds. The summed E-state index contributed by atoms with van der Waals surface area (Å²) in [7, 11) is 0. The Hall–Kier alpha value is -0.620. The Bertz CT molecular complexity index is 389. The van der Waals surface area contributed by atoms with Gasteiger partial charge in [0.05, 0.1) is 6.10 Å². The molecule has 0 aromatic carbocycles. The van der Waals surface area contributed by atoms with Crippen molar-refractivity contribution in [2.75, 3.05) is 12.3 Å². The van der Waals surface area contributed by atoms with E-state index in [1.165, 1.54) is 12.2 Å². The van der Waals surface area contributed by atoms with E-state index < -0.39 is 6.10 Å². The summed E-state index contributed by atoms with van der Waals surface area (Å²) in [6, 6.07) is 0. The number of nitrogens with one attached hydrogen (secondary N) is 1. The van der Waals surface area contributed by atoms with Gasteiger partial charge in [-0.1, -0.05) is 12.2 Å². The molecule has 0 aromatic heterocycles. The molecular formula is C15H24FNO2S. The van der Waals surface area contributed by atoms with Gasteiger partial charge in [0.1, 0.15) is 5.83 Å². The average Bonchev–Trinajstić information content (AvgIpc) is 2.59. The van der Waals surface area contributed by atoms with Crippen molar-refractivity contribution in [1.29, 1.82) is 0 Å². The maximum absolute atomic E-state index is 13.1. The molecule has 3 N–H and O–H groups in total. The topological polar surface area (TPSA) is 52.5 Å². The molecule has 1 aliphatic carbocycles. The van der Waals surface area contributed by atoms with Crippen LogP contribution in [-0.4, -0.2) is 33.6 Å². The van der Waals surface area contributed by atoms with E-state index >= 15 is 0 Å². The second-order valence-corrected chi connectivity index (χ2v) is 6.28. The van der Waals surface area contributed by atoms with Gasteiger partial charge in [-0.2, -0.15) is 0 Å². The van der Waals surface area contributed by atoms with E-state index in [0.717, 1.165) is 30.6 Å². The van der Waals surface area contributed by atoms with E-state index in [2.05, 4.69) is 5.32 Å². The Morgan fingerprint density at radius 3 is 2.95 bits per heavy atom. The summed E-state index contributed by atoms with van der Waals surface area (Å²) in [5.41, 5.74) is 0.619. The lowest BCUT2D eigenvalue weighted by Crippen LogP contribution is -2.43. The van der Waals surface area contributed by atoms with Crippen molar-refractivity contribution < 1.29 is 14.0 Å². The molecule has 0 saturated heterocycles. The minimum atomic E-state index is -0.587. The predicted octanol–water partition coefficient (Wildman–Crippen LogP) is 3.44. The van der Waals surface area contributed by atoms with Crippen LogP contribution in [0.4, 0.5) is 4.39 Å². The van der Waals surface area contributed by atoms with Crippen molar-refractivity contribution in [2.24, 2.45) is 0 Å². The predicted molar refractivity (Wildman–Crippen MR) is 83.4 cm³/mol. The average molecular weight is 301 g/mol. The van der Waals surface area contributed by atoms with Gasteiger partial charge in [0.15, 0.2) is 0 Å². The monoisotopic (exact) mass is 301 g/mol. The Labute approximate surface area is 124 Å². The van der Waals surface area contributed by atoms with Gasteiger partial charge in [-0.3, -0.25) is 0 Å². The van der Waals surface area contributed by atoms with Crippen LogP contribution in [0, 0.1) is 0 Å². The molecule has 0 heterocycles. The zero-order chi connectivity index (χ0) is 15.0. The van der Waals surface area contributed by atoms with Crippen molar-refractivity contribution in [3.05, 3.63) is 35.7 Å². The molecule has 1 atom stereocenters. The van der Waals surface area contributed by atoms with E-state index in [1.807, 2.05) is 13.8 Å². The fourth-order valence-electron chi connectivity index (χ4n) is 2.11. The molecule has 0 saturated carbocycles. The third-order valence-electron chi connectivity index (χ3n) is 3.25. The number of halogens is 1. The van der Waals surface area contributed by atoms with Gasteiger partial charge in [0.25, 0.3) is 0 Å². The summed E-state index contributed by atoms with van der Waals surface area (Å²) in [5.74, 6) is 0.438. The van der Waals surface area contributed by atoms with Gasteiger partial charge in [-0.05, 0) is 69.4 Å². The van der Waals surface area contributed by atoms with Crippen molar-refractivity contribution in [3.8, 4) is 0 Å². The molecule has 0 aromatic rings. The minimum Gasteiger partial charge on any atom is -0.389 e. The van der Waals surface area contributed by atoms with E-state index in [4.69, 9.17) is 4.55 Å². The molecule has 0 aliphatic heterocycles. The van der Waals surface area contributed by atoms with Crippen molar-refractivity contribution in [2.45, 2.75) is 44.8 Å². The summed E-state index contributed by atoms with van der Waals surface area (Å²) in [6.07, 6.45) is 7.60. The van der Waals surface area contributed by atoms with E-state index in [1.54, 1.807) is 12.2 Å². The van der Waals surface area contributed by atoms with Gasteiger partial charge < -0.3 is 15.0 Å². The lowest BCUT2D eigenvalue weighted by molar-refractivity contribution is 0.157. The maximum atomic E-state index is 13.1. The van der Waals surface area contributed by atoms with Gasteiger partial charge in [0, 0.05) is 11.3 Å². The quantitative estimate of drug-likeness (QED) is 0.475. The zero-order valence-corrected chi connectivity index (χ0v) is 12.9. The highest BCUT2D eigenvalue weighted by Gasteiger charge is 2.23. The van der Waals surface area contributed by atoms with Crippen LogP contribution in [0.25, 0.3) is 0 Å². The fourth-order valence-corrected chi connectivity index (χ4v) is 2.39. The first-order valence-corrected chi connectivity index (χ1v) is 7.81. The van der Waals surface area contributed by atoms with E-state index in [-0.39, 0.29) is 11.4 Å². The third kappa shape index (κ3) is 6.70. The van der Waals surface area contributed by atoms with Crippen LogP contribution in [0.1, 0.15) is 33.1 Å². The Kier molecular flexibility index (Phi) is 7.51. The standard InChI is InChI=1S/C15H24FNO2S/c1-15(2,17-9-4-10-20-19)11-14(18)12-5-3-6-13(16)8-7-12/h3,5-6,8,14,17-19H,4,7,9-11H2,1-2H3. The number of allylic oxidation sites excluding steroid dienone is 5. The SMILES string of the molecule is CC(C)(CC(O)C1=CC=CC(F)=CC1)NCCCSO. The Morgan fingerprint density at radius 2 is 2.25 bits per heavy atom. The van der Waals surface area contributed by atoms with Gasteiger partial charge >= 0.3 is 0 Å². The highest BCUT2D eigenvalue weighted by atomic mass is 32.2. The van der Waals surface area contributed by atoms with Crippen LogP contribution in [0.15, 0.2) is 35.7 Å². The van der Waals surface area contributed by atoms with Gasteiger partial charge in [0.2, 0.25) is 0 Å². The molecule has 5 heteroatoms. The number of aliphatic hydroxyl groups is 1. The Morgan fingerprint density at radius 1 is 1.50 bits per heavy atom. The first kappa shape index (κ1) is 17.4. The number of hydrogen-bond acceptors (Lipinski definition) is 4. The van der Waals surface area contributed by atoms with Gasteiger partial charge in [-0.15, -0.1) is 0 Å². The number of hydrogen-bond donors (Lipinski definition) is 3. The summed E-state index contributed by atoms with van der Waals surface area (Å²) in [5, 5.41) is 13.7. The van der Waals surface area contributed by atoms with Crippen LogP contribution in [0.5, 0.6) is 0 Å². The summed E-state index contributed by atoms with van der Waals surface area (Å²) in [6.45, 7) is 4.86. The van der Waals surface area contributed by atoms with Crippen LogP contribution in [-0.2, 0) is 0 Å². The van der Waals surface area contributed by atoms with E-state index in [9.17, 15) is 9.50 Å². The molecule has 0 bridgehead atoms. The molecule has 114 valence electrons. The smallest absolute Gasteiger partial charge is 0.119 e. The summed E-state index contributed by atoms with van der Waals surface area (Å²) >= 11 is 0.843. The second-order valence-electron chi connectivity index (χ2n) is 5.61. The minimum absolute atomic E-state index is 0.210. The Balaban J connectivity index is 2.45. The first-order chi connectivity index (χ1) is 9.44. The molecule has 1 rings (SSSR count). The zero-order valence-electron chi connectivity index (χ0n) is 12.1. The van der Waals surface area contributed by atoms with Gasteiger partial charge in [-0.25, -0.2) is 4.39 Å². The number of aliphatic hydroxyl groups excluding tert-OH is 1. The van der Waals surface area contributed by atoms with E-state index in [0.29, 0.717) is 18.6 Å². The number of rotatable bonds is 8. The van der Waals surface area contributed by atoms with Crippen molar-refractivity contribution >= 4 is 12.0 Å². The lowest BCUT2D eigenvalue weighted by atomic mass is 9.91. The second kappa shape index (κ2) is 8.62. The molecule has 20 heavy (non-hydrogen) atoms. The largest absolute Gasteiger partial charge is 0.389 e. The summed E-state index contributed by atoms with van der Waals surface area (Å²) in [4.78, 5) is 0. The lowest BCUT2D eigenvalue weighted by Gasteiger charge is -2.29. The maximum Gasteiger partial charge on any atom is 0.119 e. The third-order valence-corrected chi connectivity index (χ3v) is 3.72. The molecule has 0 radical (unpaired) electrons. The normalized spacial score (nSPS) is 17.4. The van der Waals surface area contributed by atoms with Crippen molar-refractivity contribution in [3.63, 3.8) is 0 Å². The fraction of sp³-hybridized carbons (Fsp3) is 0.600. The molecule has 0 fully saturated rings. The van der Waals surface area contributed by atoms with Crippen LogP contribution >= 0.6 is 12.0 Å². The highest BCUT2D eigenvalue weighted by Crippen LogP contribution is 2.22. The highest BCUT2D eigenvalue weighted by molar-refractivity contribution is 7.93. The molecule has 3 nitrogen and oxygen atoms in total. The van der Waals surface area contributed by atoms with Crippen LogP contribution in [0.2, 0.25) is 0 Å². The molecule has 1 unspecified atom stereocenters. The first-order valence-electron chi connectivity index (χ1n) is 6.87. The summed E-state index contributed by atoms with van der Waals surface area (Å²) < 4.78 is 21.7. The molecule has 0 spiro atoms. The molecule has 1 aliphatic rings. The van der Waals surface area contributed by atoms with Crippen molar-refractivity contribution in [1.82, 2.24) is 5.32 Å². The molecular weight excluding hydrogens is 277 g/mol. The van der Waals surface area contributed by atoms with Crippen LogP contribution < -0.4 is 5.32 Å². The van der Waals surface area contributed by atoms with Crippen LogP contribution in [0.3, 0.4) is 0 Å².